The second-order valence-electron chi connectivity index (χ2n) is 4.94. The molecule has 23 heavy (non-hydrogen) atoms. The molecule has 0 aliphatic rings. The number of carbonyl (C=O) groups is 1. The molecule has 6 heteroatoms. The van der Waals surface area contributed by atoms with Crippen molar-refractivity contribution in [1.29, 1.82) is 0 Å². The lowest BCUT2D eigenvalue weighted by atomic mass is 10.2. The van der Waals surface area contributed by atoms with Gasteiger partial charge in [0.2, 0.25) is 0 Å². The molecule has 0 bridgehead atoms. The summed E-state index contributed by atoms with van der Waals surface area (Å²) in [6.07, 6.45) is 1.61. The highest BCUT2D eigenvalue weighted by molar-refractivity contribution is 7.84. The first-order chi connectivity index (χ1) is 11.1. The van der Waals surface area contributed by atoms with Crippen molar-refractivity contribution in [3.05, 3.63) is 64.7 Å². The zero-order valence-corrected chi connectivity index (χ0v) is 14.3. The molecular weight excluding hydrogens is 334 g/mol. The highest BCUT2D eigenvalue weighted by Gasteiger charge is 2.11. The van der Waals surface area contributed by atoms with E-state index in [0.717, 1.165) is 5.56 Å². The summed E-state index contributed by atoms with van der Waals surface area (Å²) in [5.74, 6) is 0.708. The lowest BCUT2D eigenvalue weighted by Crippen LogP contribution is -2.27. The summed E-state index contributed by atoms with van der Waals surface area (Å²) < 4.78 is 16.8. The summed E-state index contributed by atoms with van der Waals surface area (Å²) in [4.78, 5) is 12.2. The van der Waals surface area contributed by atoms with Crippen molar-refractivity contribution in [3.8, 4) is 5.75 Å². The van der Waals surface area contributed by atoms with Gasteiger partial charge in [0, 0.05) is 34.4 Å². The van der Waals surface area contributed by atoms with Crippen LogP contribution < -0.4 is 10.1 Å². The van der Waals surface area contributed by atoms with Gasteiger partial charge in [-0.05, 0) is 29.8 Å². The minimum absolute atomic E-state index is 0.234. The Balaban J connectivity index is 2.00. The molecule has 0 aliphatic carbocycles. The van der Waals surface area contributed by atoms with Crippen LogP contribution in [0.2, 0.25) is 5.02 Å². The van der Waals surface area contributed by atoms with Crippen LogP contribution >= 0.6 is 11.6 Å². The molecule has 0 fully saturated rings. The van der Waals surface area contributed by atoms with Crippen LogP contribution in [0.1, 0.15) is 15.9 Å². The monoisotopic (exact) mass is 351 g/mol. The molecule has 2 aromatic rings. The first kappa shape index (κ1) is 17.5. The molecule has 0 saturated heterocycles. The van der Waals surface area contributed by atoms with E-state index in [9.17, 15) is 9.00 Å². The van der Waals surface area contributed by atoms with E-state index >= 15 is 0 Å². The van der Waals surface area contributed by atoms with Crippen LogP contribution in [-0.4, -0.2) is 28.7 Å². The molecule has 0 heterocycles. The topological polar surface area (TPSA) is 55.4 Å². The van der Waals surface area contributed by atoms with Crippen molar-refractivity contribution < 1.29 is 13.7 Å². The maximum absolute atomic E-state index is 12.2. The number of benzene rings is 2. The minimum Gasteiger partial charge on any atom is -0.488 e. The van der Waals surface area contributed by atoms with Gasteiger partial charge in [0.1, 0.15) is 12.4 Å². The molecule has 2 rings (SSSR count). The molecule has 0 saturated carbocycles. The van der Waals surface area contributed by atoms with Crippen molar-refractivity contribution >= 4 is 28.3 Å². The van der Waals surface area contributed by atoms with E-state index in [2.05, 4.69) is 5.32 Å². The number of ether oxygens (including phenoxy) is 1. The number of hydrogen-bond acceptors (Lipinski definition) is 3. The van der Waals surface area contributed by atoms with Gasteiger partial charge in [-0.15, -0.1) is 0 Å². The SMILES string of the molecule is CS(=O)CCNC(=O)c1ccccc1OCc1ccc(Cl)cc1. The standard InChI is InChI=1S/C17H18ClNO3S/c1-23(21)11-10-19-17(20)15-4-2-3-5-16(15)22-12-13-6-8-14(18)9-7-13/h2-9H,10-12H2,1H3,(H,19,20). The highest BCUT2D eigenvalue weighted by Crippen LogP contribution is 2.20. The van der Waals surface area contributed by atoms with Crippen LogP contribution in [0.5, 0.6) is 5.75 Å². The third kappa shape index (κ3) is 5.69. The van der Waals surface area contributed by atoms with Crippen LogP contribution in [-0.2, 0) is 17.4 Å². The van der Waals surface area contributed by atoms with E-state index in [-0.39, 0.29) is 5.91 Å². The van der Waals surface area contributed by atoms with E-state index < -0.39 is 10.8 Å². The van der Waals surface area contributed by atoms with Crippen LogP contribution in [0.25, 0.3) is 0 Å². The third-order valence-electron chi connectivity index (χ3n) is 3.11. The number of amides is 1. The molecule has 1 atom stereocenters. The van der Waals surface area contributed by atoms with Gasteiger partial charge in [-0.2, -0.15) is 0 Å². The Morgan fingerprint density at radius 1 is 1.17 bits per heavy atom. The zero-order chi connectivity index (χ0) is 16.7. The predicted octanol–water partition coefficient (Wildman–Crippen LogP) is 3.03. The molecule has 2 aromatic carbocycles. The Morgan fingerprint density at radius 3 is 2.57 bits per heavy atom. The number of rotatable bonds is 7. The molecule has 0 spiro atoms. The maximum Gasteiger partial charge on any atom is 0.255 e. The molecule has 4 nitrogen and oxygen atoms in total. The summed E-state index contributed by atoms with van der Waals surface area (Å²) in [5.41, 5.74) is 1.43. The molecule has 1 unspecified atom stereocenters. The fraction of sp³-hybridized carbons (Fsp3) is 0.235. The fourth-order valence-electron chi connectivity index (χ4n) is 1.93. The van der Waals surface area contributed by atoms with E-state index in [4.69, 9.17) is 16.3 Å². The smallest absolute Gasteiger partial charge is 0.255 e. The quantitative estimate of drug-likeness (QED) is 0.834. The van der Waals surface area contributed by atoms with Crippen LogP contribution in [0.4, 0.5) is 0 Å². The van der Waals surface area contributed by atoms with Crippen molar-refractivity contribution in [2.24, 2.45) is 0 Å². The van der Waals surface area contributed by atoms with Gasteiger partial charge in [0.15, 0.2) is 0 Å². The van der Waals surface area contributed by atoms with Crippen molar-refractivity contribution in [3.63, 3.8) is 0 Å². The first-order valence-corrected chi connectivity index (χ1v) is 9.21. The fourth-order valence-corrected chi connectivity index (χ4v) is 2.44. The summed E-state index contributed by atoms with van der Waals surface area (Å²) in [6.45, 7) is 0.716. The van der Waals surface area contributed by atoms with Gasteiger partial charge < -0.3 is 10.1 Å². The molecule has 1 amide bonds. The molecular formula is C17H18ClNO3S. The maximum atomic E-state index is 12.2. The molecule has 0 radical (unpaired) electrons. The van der Waals surface area contributed by atoms with Crippen molar-refractivity contribution in [2.45, 2.75) is 6.61 Å². The van der Waals surface area contributed by atoms with E-state index in [0.29, 0.717) is 35.2 Å². The summed E-state index contributed by atoms with van der Waals surface area (Å²) in [7, 11) is -0.931. The highest BCUT2D eigenvalue weighted by atomic mass is 35.5. The van der Waals surface area contributed by atoms with Crippen LogP contribution in [0.15, 0.2) is 48.5 Å². The summed E-state index contributed by atoms with van der Waals surface area (Å²) in [6, 6.07) is 14.4. The Bertz CT molecular complexity index is 688. The predicted molar refractivity (Wildman–Crippen MR) is 93.5 cm³/mol. The number of hydrogen-bond donors (Lipinski definition) is 1. The van der Waals surface area contributed by atoms with E-state index in [1.165, 1.54) is 0 Å². The Labute approximate surface area is 143 Å². The number of para-hydroxylation sites is 1. The average molecular weight is 352 g/mol. The minimum atomic E-state index is -0.931. The van der Waals surface area contributed by atoms with Gasteiger partial charge in [-0.3, -0.25) is 9.00 Å². The molecule has 122 valence electrons. The second kappa shape index (κ2) is 8.70. The summed E-state index contributed by atoms with van der Waals surface area (Å²) >= 11 is 5.85. The number of halogens is 1. The van der Waals surface area contributed by atoms with Crippen LogP contribution in [0, 0.1) is 0 Å². The first-order valence-electron chi connectivity index (χ1n) is 7.11. The third-order valence-corrected chi connectivity index (χ3v) is 4.15. The van der Waals surface area contributed by atoms with Crippen LogP contribution in [0.3, 0.4) is 0 Å². The molecule has 0 aliphatic heterocycles. The largest absolute Gasteiger partial charge is 0.488 e. The van der Waals surface area contributed by atoms with E-state index in [1.54, 1.807) is 36.6 Å². The Morgan fingerprint density at radius 2 is 1.87 bits per heavy atom. The normalized spacial score (nSPS) is 11.7. The summed E-state index contributed by atoms with van der Waals surface area (Å²) in [5, 5.41) is 3.42. The lowest BCUT2D eigenvalue weighted by molar-refractivity contribution is 0.0951. The molecule has 1 N–H and O–H groups in total. The van der Waals surface area contributed by atoms with E-state index in [1.807, 2.05) is 18.2 Å². The van der Waals surface area contributed by atoms with Gasteiger partial charge >= 0.3 is 0 Å². The van der Waals surface area contributed by atoms with Gasteiger partial charge in [0.05, 0.1) is 5.56 Å². The van der Waals surface area contributed by atoms with Gasteiger partial charge in [0.25, 0.3) is 5.91 Å². The zero-order valence-electron chi connectivity index (χ0n) is 12.8. The van der Waals surface area contributed by atoms with Crippen molar-refractivity contribution in [1.82, 2.24) is 5.32 Å². The van der Waals surface area contributed by atoms with Crippen molar-refractivity contribution in [2.75, 3.05) is 18.6 Å². The van der Waals surface area contributed by atoms with Gasteiger partial charge in [-0.25, -0.2) is 0 Å². The van der Waals surface area contributed by atoms with Gasteiger partial charge in [-0.1, -0.05) is 35.9 Å². The number of carbonyl (C=O) groups excluding carboxylic acids is 1. The number of nitrogens with one attached hydrogen (secondary N) is 1. The second-order valence-corrected chi connectivity index (χ2v) is 6.94. The lowest BCUT2D eigenvalue weighted by Gasteiger charge is -2.11. The Kier molecular flexibility index (Phi) is 6.62. The average Bonchev–Trinajstić information content (AvgIpc) is 2.54. The Hall–Kier alpha value is -1.85. The molecule has 0 aromatic heterocycles.